The first-order valence-electron chi connectivity index (χ1n) is 8.18. The van der Waals surface area contributed by atoms with E-state index >= 15 is 0 Å². The average molecular weight is 294 g/mol. The van der Waals surface area contributed by atoms with Crippen molar-refractivity contribution in [2.24, 2.45) is 7.05 Å². The molecule has 1 aliphatic rings. The third kappa shape index (κ3) is 3.77. The molecule has 1 fully saturated rings. The van der Waals surface area contributed by atoms with Gasteiger partial charge in [0.25, 0.3) is 0 Å². The van der Waals surface area contributed by atoms with Crippen molar-refractivity contribution in [3.63, 3.8) is 0 Å². The minimum atomic E-state index is 0.250. The van der Waals surface area contributed by atoms with Crippen LogP contribution in [0.2, 0.25) is 0 Å². The van der Waals surface area contributed by atoms with Gasteiger partial charge in [0, 0.05) is 44.4 Å². The highest BCUT2D eigenvalue weighted by atomic mass is 16.3. The summed E-state index contributed by atoms with van der Waals surface area (Å²) in [5, 5.41) is 17.3. The van der Waals surface area contributed by atoms with E-state index < -0.39 is 0 Å². The minimum absolute atomic E-state index is 0.250. The quantitative estimate of drug-likeness (QED) is 0.769. The van der Waals surface area contributed by atoms with Crippen LogP contribution >= 0.6 is 0 Å². The SMILES string of the molecule is Cc1nn(C)c(N(CCCO)C2CCC2)c1CNC(C)C. The van der Waals surface area contributed by atoms with Crippen molar-refractivity contribution in [1.82, 2.24) is 15.1 Å². The van der Waals surface area contributed by atoms with E-state index in [4.69, 9.17) is 0 Å². The van der Waals surface area contributed by atoms with Crippen LogP contribution in [0.15, 0.2) is 0 Å². The molecule has 1 aromatic heterocycles. The van der Waals surface area contributed by atoms with Gasteiger partial charge < -0.3 is 15.3 Å². The summed E-state index contributed by atoms with van der Waals surface area (Å²) in [6.45, 7) is 8.44. The summed E-state index contributed by atoms with van der Waals surface area (Å²) in [5.41, 5.74) is 2.41. The van der Waals surface area contributed by atoms with Crippen molar-refractivity contribution in [3.05, 3.63) is 11.3 Å². The number of hydrogen-bond donors (Lipinski definition) is 2. The first-order chi connectivity index (χ1) is 10.0. The molecule has 1 heterocycles. The maximum atomic E-state index is 9.19. The van der Waals surface area contributed by atoms with Gasteiger partial charge in [0.1, 0.15) is 5.82 Å². The Hall–Kier alpha value is -1.07. The summed E-state index contributed by atoms with van der Waals surface area (Å²) in [4.78, 5) is 2.47. The molecule has 0 amide bonds. The van der Waals surface area contributed by atoms with Gasteiger partial charge >= 0.3 is 0 Å². The lowest BCUT2D eigenvalue weighted by atomic mass is 9.91. The Morgan fingerprint density at radius 1 is 1.43 bits per heavy atom. The average Bonchev–Trinajstić information content (AvgIpc) is 2.64. The van der Waals surface area contributed by atoms with Crippen LogP contribution in [0.3, 0.4) is 0 Å². The molecular weight excluding hydrogens is 264 g/mol. The van der Waals surface area contributed by atoms with Crippen molar-refractivity contribution in [1.29, 1.82) is 0 Å². The molecule has 0 aliphatic heterocycles. The Morgan fingerprint density at radius 2 is 2.14 bits per heavy atom. The summed E-state index contributed by atoms with van der Waals surface area (Å²) in [7, 11) is 2.03. The molecule has 0 aromatic carbocycles. The Bertz CT molecular complexity index is 451. The molecule has 1 aromatic rings. The number of rotatable bonds is 8. The van der Waals surface area contributed by atoms with Crippen LogP contribution in [0.4, 0.5) is 5.82 Å². The highest BCUT2D eigenvalue weighted by Crippen LogP contribution is 2.32. The van der Waals surface area contributed by atoms with Crippen LogP contribution in [0, 0.1) is 6.92 Å². The third-order valence-corrected chi connectivity index (χ3v) is 4.34. The van der Waals surface area contributed by atoms with Crippen LogP contribution in [0.25, 0.3) is 0 Å². The van der Waals surface area contributed by atoms with Crippen molar-refractivity contribution in [2.45, 2.75) is 65.1 Å². The Labute approximate surface area is 128 Å². The van der Waals surface area contributed by atoms with Crippen LogP contribution in [0.1, 0.15) is 50.8 Å². The van der Waals surface area contributed by atoms with Crippen LogP contribution in [-0.2, 0) is 13.6 Å². The Balaban J connectivity index is 2.24. The maximum Gasteiger partial charge on any atom is 0.131 e. The first kappa shape index (κ1) is 16.3. The number of nitrogens with one attached hydrogen (secondary N) is 1. The van der Waals surface area contributed by atoms with Gasteiger partial charge in [0.15, 0.2) is 0 Å². The number of aromatic nitrogens is 2. The van der Waals surface area contributed by atoms with Crippen LogP contribution in [0.5, 0.6) is 0 Å². The first-order valence-corrected chi connectivity index (χ1v) is 8.18. The van der Waals surface area contributed by atoms with Gasteiger partial charge in [-0.2, -0.15) is 5.10 Å². The third-order valence-electron chi connectivity index (χ3n) is 4.34. The second-order valence-corrected chi connectivity index (χ2v) is 6.40. The van der Waals surface area contributed by atoms with Crippen molar-refractivity contribution in [2.75, 3.05) is 18.1 Å². The predicted octanol–water partition coefficient (Wildman–Crippen LogP) is 1.97. The van der Waals surface area contributed by atoms with Crippen LogP contribution < -0.4 is 10.2 Å². The lowest BCUT2D eigenvalue weighted by molar-refractivity contribution is 0.282. The molecule has 0 radical (unpaired) electrons. The number of hydrogen-bond acceptors (Lipinski definition) is 4. The molecule has 120 valence electrons. The van der Waals surface area contributed by atoms with Gasteiger partial charge in [-0.25, -0.2) is 0 Å². The van der Waals surface area contributed by atoms with E-state index in [0.29, 0.717) is 12.1 Å². The summed E-state index contributed by atoms with van der Waals surface area (Å²) in [5.74, 6) is 1.24. The van der Waals surface area contributed by atoms with E-state index in [1.807, 2.05) is 11.7 Å². The molecule has 0 bridgehead atoms. The van der Waals surface area contributed by atoms with Crippen molar-refractivity contribution < 1.29 is 5.11 Å². The fourth-order valence-corrected chi connectivity index (χ4v) is 2.96. The molecule has 1 aliphatic carbocycles. The number of nitrogens with zero attached hydrogens (tertiary/aromatic N) is 3. The second kappa shape index (κ2) is 7.27. The smallest absolute Gasteiger partial charge is 0.131 e. The Morgan fingerprint density at radius 3 is 2.67 bits per heavy atom. The van der Waals surface area contributed by atoms with Gasteiger partial charge in [0.2, 0.25) is 0 Å². The van der Waals surface area contributed by atoms with Gasteiger partial charge in [-0.05, 0) is 32.6 Å². The molecule has 5 heteroatoms. The van der Waals surface area contributed by atoms with E-state index in [2.05, 4.69) is 36.1 Å². The number of aryl methyl sites for hydroxylation is 2. The summed E-state index contributed by atoms with van der Waals surface area (Å²) in [6, 6.07) is 1.08. The maximum absolute atomic E-state index is 9.19. The fraction of sp³-hybridized carbons (Fsp3) is 0.812. The molecule has 0 saturated heterocycles. The summed E-state index contributed by atoms with van der Waals surface area (Å²) in [6.07, 6.45) is 4.65. The molecule has 0 spiro atoms. The van der Waals surface area contributed by atoms with E-state index in [1.165, 1.54) is 30.6 Å². The molecule has 2 rings (SSSR count). The second-order valence-electron chi connectivity index (χ2n) is 6.40. The lowest BCUT2D eigenvalue weighted by Gasteiger charge is -2.39. The highest BCUT2D eigenvalue weighted by Gasteiger charge is 2.29. The van der Waals surface area contributed by atoms with E-state index in [9.17, 15) is 5.11 Å². The molecule has 2 N–H and O–H groups in total. The molecule has 5 nitrogen and oxygen atoms in total. The zero-order chi connectivity index (χ0) is 15.4. The molecule has 0 unspecified atom stereocenters. The normalized spacial score (nSPS) is 15.5. The van der Waals surface area contributed by atoms with E-state index in [1.54, 1.807) is 0 Å². The summed E-state index contributed by atoms with van der Waals surface area (Å²) < 4.78 is 2.02. The zero-order valence-electron chi connectivity index (χ0n) is 13.9. The van der Waals surface area contributed by atoms with Gasteiger partial charge in [-0.1, -0.05) is 13.8 Å². The number of aliphatic hydroxyl groups excluding tert-OH is 1. The zero-order valence-corrected chi connectivity index (χ0v) is 13.9. The predicted molar refractivity (Wildman–Crippen MR) is 86.6 cm³/mol. The van der Waals surface area contributed by atoms with E-state index in [0.717, 1.165) is 25.2 Å². The van der Waals surface area contributed by atoms with E-state index in [-0.39, 0.29) is 6.61 Å². The standard InChI is InChI=1S/C16H30N4O/c1-12(2)17-11-15-13(3)18-19(4)16(15)20(9-6-10-21)14-7-5-8-14/h12,14,17,21H,5-11H2,1-4H3. The lowest BCUT2D eigenvalue weighted by Crippen LogP contribution is -2.43. The highest BCUT2D eigenvalue weighted by molar-refractivity contribution is 5.51. The minimum Gasteiger partial charge on any atom is -0.396 e. The van der Waals surface area contributed by atoms with Crippen molar-refractivity contribution in [3.8, 4) is 0 Å². The number of anilines is 1. The largest absolute Gasteiger partial charge is 0.396 e. The van der Waals surface area contributed by atoms with Crippen LogP contribution in [-0.4, -0.2) is 40.1 Å². The number of aliphatic hydroxyl groups is 1. The summed E-state index contributed by atoms with van der Waals surface area (Å²) >= 11 is 0. The molecule has 1 saturated carbocycles. The van der Waals surface area contributed by atoms with Crippen molar-refractivity contribution >= 4 is 5.82 Å². The Kier molecular flexibility index (Phi) is 5.65. The molecular formula is C16H30N4O. The topological polar surface area (TPSA) is 53.3 Å². The molecule has 21 heavy (non-hydrogen) atoms. The molecule has 0 atom stereocenters. The van der Waals surface area contributed by atoms with Gasteiger partial charge in [-0.15, -0.1) is 0 Å². The van der Waals surface area contributed by atoms with Gasteiger partial charge in [0.05, 0.1) is 5.69 Å². The monoisotopic (exact) mass is 294 g/mol. The fourth-order valence-electron chi connectivity index (χ4n) is 2.96. The van der Waals surface area contributed by atoms with Gasteiger partial charge in [-0.3, -0.25) is 4.68 Å².